The summed E-state index contributed by atoms with van der Waals surface area (Å²) in [5.41, 5.74) is 2.26. The van der Waals surface area contributed by atoms with Gasteiger partial charge in [-0.1, -0.05) is 48.0 Å². The largest absolute Gasteiger partial charge is 0.467 e. The third-order valence-electron chi connectivity index (χ3n) is 5.69. The molecule has 2 aromatic carbocycles. The maximum atomic E-state index is 6.64. The van der Waals surface area contributed by atoms with E-state index in [0.29, 0.717) is 11.6 Å². The van der Waals surface area contributed by atoms with Gasteiger partial charge in [0, 0.05) is 36.9 Å². The summed E-state index contributed by atoms with van der Waals surface area (Å²) >= 11 is 6.64. The topological polar surface area (TPSA) is 63.2 Å². The SMILES string of the molecule is Clc1ccccc1[C@H](c1nnnn1Cc1ccco1)N1CCN(c2ccccc2)CC1. The van der Waals surface area contributed by atoms with Crippen LogP contribution in [0.3, 0.4) is 0 Å². The molecule has 0 unspecified atom stereocenters. The quantitative estimate of drug-likeness (QED) is 0.459. The fourth-order valence-electron chi connectivity index (χ4n) is 4.14. The van der Waals surface area contributed by atoms with Gasteiger partial charge in [-0.05, 0) is 46.3 Å². The molecule has 0 aliphatic carbocycles. The lowest BCUT2D eigenvalue weighted by molar-refractivity contribution is 0.201. The number of para-hydroxylation sites is 1. The Morgan fingerprint density at radius 1 is 0.903 bits per heavy atom. The maximum Gasteiger partial charge on any atom is 0.173 e. The van der Waals surface area contributed by atoms with Gasteiger partial charge in [0.1, 0.15) is 12.3 Å². The lowest BCUT2D eigenvalue weighted by Gasteiger charge is -2.40. The normalized spacial score (nSPS) is 15.8. The van der Waals surface area contributed by atoms with Crippen molar-refractivity contribution >= 4 is 17.3 Å². The van der Waals surface area contributed by atoms with Crippen LogP contribution >= 0.6 is 11.6 Å². The molecule has 1 aliphatic heterocycles. The van der Waals surface area contributed by atoms with Gasteiger partial charge in [-0.25, -0.2) is 4.68 Å². The van der Waals surface area contributed by atoms with Crippen LogP contribution < -0.4 is 4.90 Å². The molecule has 0 bridgehead atoms. The Morgan fingerprint density at radius 3 is 2.42 bits per heavy atom. The molecule has 2 aromatic heterocycles. The molecule has 8 heteroatoms. The van der Waals surface area contributed by atoms with Crippen molar-refractivity contribution in [3.05, 3.63) is 95.2 Å². The predicted octanol–water partition coefficient (Wildman–Crippen LogP) is 3.88. The zero-order valence-electron chi connectivity index (χ0n) is 17.0. The van der Waals surface area contributed by atoms with Gasteiger partial charge < -0.3 is 9.32 Å². The fraction of sp³-hybridized carbons (Fsp3) is 0.261. The van der Waals surface area contributed by atoms with Gasteiger partial charge in [-0.3, -0.25) is 4.90 Å². The highest BCUT2D eigenvalue weighted by atomic mass is 35.5. The van der Waals surface area contributed by atoms with Gasteiger partial charge in [-0.2, -0.15) is 0 Å². The van der Waals surface area contributed by atoms with Crippen molar-refractivity contribution in [2.45, 2.75) is 12.6 Å². The number of anilines is 1. The molecule has 0 N–H and O–H groups in total. The number of tetrazole rings is 1. The van der Waals surface area contributed by atoms with Crippen LogP contribution in [0.2, 0.25) is 5.02 Å². The first-order chi connectivity index (χ1) is 15.3. The van der Waals surface area contributed by atoms with Gasteiger partial charge in [-0.15, -0.1) is 5.10 Å². The van der Waals surface area contributed by atoms with E-state index in [1.165, 1.54) is 5.69 Å². The highest BCUT2D eigenvalue weighted by molar-refractivity contribution is 6.31. The highest BCUT2D eigenvalue weighted by Gasteiger charge is 2.32. The first-order valence-electron chi connectivity index (χ1n) is 10.4. The Labute approximate surface area is 185 Å². The molecule has 1 fully saturated rings. The number of aromatic nitrogens is 4. The van der Waals surface area contributed by atoms with Crippen LogP contribution in [0.4, 0.5) is 5.69 Å². The number of nitrogens with zero attached hydrogens (tertiary/aromatic N) is 6. The molecule has 5 rings (SSSR count). The van der Waals surface area contributed by atoms with E-state index in [-0.39, 0.29) is 6.04 Å². The molecule has 0 spiro atoms. The van der Waals surface area contributed by atoms with Crippen LogP contribution in [-0.4, -0.2) is 51.3 Å². The van der Waals surface area contributed by atoms with Crippen molar-refractivity contribution in [2.75, 3.05) is 31.1 Å². The zero-order valence-corrected chi connectivity index (χ0v) is 17.8. The second-order valence-electron chi connectivity index (χ2n) is 7.56. The number of hydrogen-bond acceptors (Lipinski definition) is 6. The summed E-state index contributed by atoms with van der Waals surface area (Å²) in [6.45, 7) is 4.06. The monoisotopic (exact) mass is 434 g/mol. The summed E-state index contributed by atoms with van der Waals surface area (Å²) < 4.78 is 7.32. The summed E-state index contributed by atoms with van der Waals surface area (Å²) in [6, 6.07) is 22.1. The van der Waals surface area contributed by atoms with E-state index in [4.69, 9.17) is 16.0 Å². The molecular weight excluding hydrogens is 412 g/mol. The average Bonchev–Trinajstić information content (AvgIpc) is 3.49. The van der Waals surface area contributed by atoms with Crippen LogP contribution in [0.25, 0.3) is 0 Å². The Balaban J connectivity index is 1.44. The lowest BCUT2D eigenvalue weighted by Crippen LogP contribution is -2.48. The molecular formula is C23H23ClN6O. The Hall–Kier alpha value is -3.16. The summed E-state index contributed by atoms with van der Waals surface area (Å²) in [5.74, 6) is 1.57. The standard InChI is InChI=1S/C23H23ClN6O/c24-21-11-5-4-10-20(21)22(23-25-26-27-30(23)17-19-9-6-16-31-19)29-14-12-28(13-15-29)18-7-2-1-3-8-18/h1-11,16,22H,12-15,17H2/t22-/m1/s1. The van der Waals surface area contributed by atoms with Crippen molar-refractivity contribution < 1.29 is 4.42 Å². The molecule has 1 aliphatic rings. The summed E-state index contributed by atoms with van der Waals surface area (Å²) in [6.07, 6.45) is 1.66. The molecule has 3 heterocycles. The number of rotatable bonds is 6. The molecule has 0 amide bonds. The van der Waals surface area contributed by atoms with Gasteiger partial charge in [0.15, 0.2) is 5.82 Å². The van der Waals surface area contributed by atoms with Crippen LogP contribution in [0.15, 0.2) is 77.4 Å². The minimum atomic E-state index is -0.142. The highest BCUT2D eigenvalue weighted by Crippen LogP contribution is 2.33. The number of benzene rings is 2. The van der Waals surface area contributed by atoms with E-state index >= 15 is 0 Å². The van der Waals surface area contributed by atoms with Gasteiger partial charge >= 0.3 is 0 Å². The second kappa shape index (κ2) is 8.91. The molecule has 31 heavy (non-hydrogen) atoms. The third-order valence-corrected chi connectivity index (χ3v) is 6.03. The minimum absolute atomic E-state index is 0.142. The minimum Gasteiger partial charge on any atom is -0.467 e. The van der Waals surface area contributed by atoms with Crippen molar-refractivity contribution in [2.24, 2.45) is 0 Å². The van der Waals surface area contributed by atoms with Gasteiger partial charge in [0.25, 0.3) is 0 Å². The molecule has 7 nitrogen and oxygen atoms in total. The molecule has 1 atom stereocenters. The fourth-order valence-corrected chi connectivity index (χ4v) is 4.38. The Morgan fingerprint density at radius 2 is 1.68 bits per heavy atom. The van der Waals surface area contributed by atoms with E-state index < -0.39 is 0 Å². The second-order valence-corrected chi connectivity index (χ2v) is 7.96. The Kier molecular flexibility index (Phi) is 5.69. The maximum absolute atomic E-state index is 6.64. The van der Waals surface area contributed by atoms with Crippen molar-refractivity contribution in [1.29, 1.82) is 0 Å². The van der Waals surface area contributed by atoms with E-state index in [9.17, 15) is 0 Å². The van der Waals surface area contributed by atoms with Crippen LogP contribution in [0.1, 0.15) is 23.2 Å². The Bertz CT molecular complexity index is 1110. The van der Waals surface area contributed by atoms with Crippen LogP contribution in [-0.2, 0) is 6.54 Å². The van der Waals surface area contributed by atoms with E-state index in [0.717, 1.165) is 43.3 Å². The molecule has 0 radical (unpaired) electrons. The average molecular weight is 435 g/mol. The molecule has 4 aromatic rings. The third kappa shape index (κ3) is 4.19. The number of hydrogen-bond donors (Lipinski definition) is 0. The smallest absolute Gasteiger partial charge is 0.173 e. The van der Waals surface area contributed by atoms with Crippen LogP contribution in [0.5, 0.6) is 0 Å². The number of piperazine rings is 1. The lowest BCUT2D eigenvalue weighted by atomic mass is 10.0. The number of furan rings is 1. The zero-order chi connectivity index (χ0) is 21.0. The first kappa shape index (κ1) is 19.8. The molecule has 158 valence electrons. The molecule has 1 saturated heterocycles. The van der Waals surface area contributed by atoms with Crippen molar-refractivity contribution in [3.8, 4) is 0 Å². The van der Waals surface area contributed by atoms with E-state index in [1.807, 2.05) is 36.4 Å². The van der Waals surface area contributed by atoms with Gasteiger partial charge in [0.05, 0.1) is 12.3 Å². The van der Waals surface area contributed by atoms with Crippen molar-refractivity contribution in [3.63, 3.8) is 0 Å². The van der Waals surface area contributed by atoms with Crippen molar-refractivity contribution in [1.82, 2.24) is 25.1 Å². The summed E-state index contributed by atoms with van der Waals surface area (Å²) in [7, 11) is 0. The number of halogens is 1. The van der Waals surface area contributed by atoms with E-state index in [2.05, 4.69) is 55.7 Å². The summed E-state index contributed by atoms with van der Waals surface area (Å²) in [5, 5.41) is 13.3. The predicted molar refractivity (Wildman–Crippen MR) is 119 cm³/mol. The van der Waals surface area contributed by atoms with E-state index in [1.54, 1.807) is 10.9 Å². The first-order valence-corrected chi connectivity index (χ1v) is 10.7. The summed E-state index contributed by atoms with van der Waals surface area (Å²) in [4.78, 5) is 4.82. The molecule has 0 saturated carbocycles. The van der Waals surface area contributed by atoms with Crippen LogP contribution in [0, 0.1) is 0 Å². The van der Waals surface area contributed by atoms with Gasteiger partial charge in [0.2, 0.25) is 0 Å².